The van der Waals surface area contributed by atoms with Crippen molar-refractivity contribution in [2.24, 2.45) is 0 Å². The van der Waals surface area contributed by atoms with E-state index >= 15 is 0 Å². The van der Waals surface area contributed by atoms with Gasteiger partial charge in [0.05, 0.1) is 12.0 Å². The Labute approximate surface area is 275 Å². The van der Waals surface area contributed by atoms with Gasteiger partial charge in [-0.25, -0.2) is 13.1 Å². The molecule has 1 amide bonds. The van der Waals surface area contributed by atoms with E-state index in [-0.39, 0.29) is 46.9 Å². The number of ether oxygens (including phenoxy) is 1. The number of benzene rings is 2. The summed E-state index contributed by atoms with van der Waals surface area (Å²) in [5, 5.41) is 2.78. The minimum absolute atomic E-state index is 0.0341. The summed E-state index contributed by atoms with van der Waals surface area (Å²) >= 11 is 0. The molecule has 0 aliphatic heterocycles. The Morgan fingerprint density at radius 2 is 1.06 bits per heavy atom. The fraction of sp³-hybridized carbons (Fsp3) is 0.306. The largest absolute Gasteiger partial charge is 0.497 e. The molecule has 0 unspecified atom stereocenters. The van der Waals surface area contributed by atoms with Gasteiger partial charge in [-0.2, -0.15) is 0 Å². The summed E-state index contributed by atoms with van der Waals surface area (Å²) in [7, 11) is -2.20. The van der Waals surface area contributed by atoms with Crippen LogP contribution < -0.4 is 14.8 Å². The second-order valence-electron chi connectivity index (χ2n) is 11.2. The highest BCUT2D eigenvalue weighted by Crippen LogP contribution is 2.27. The zero-order valence-corrected chi connectivity index (χ0v) is 28.5. The molecule has 10 nitrogen and oxygen atoms in total. The summed E-state index contributed by atoms with van der Waals surface area (Å²) < 4.78 is 32.0. The van der Waals surface area contributed by atoms with Gasteiger partial charge in [-0.3, -0.25) is 24.0 Å². The lowest BCUT2D eigenvalue weighted by Gasteiger charge is -2.18. The molecular weight excluding hydrogens is 620 g/mol. The highest BCUT2D eigenvalue weighted by molar-refractivity contribution is 7.89. The minimum atomic E-state index is -3.70. The van der Waals surface area contributed by atoms with Gasteiger partial charge in [0.25, 0.3) is 5.91 Å². The summed E-state index contributed by atoms with van der Waals surface area (Å²) in [6.45, 7) is 10.2. The predicted molar refractivity (Wildman–Crippen MR) is 178 cm³/mol. The number of ketones is 4. The average Bonchev–Trinajstić information content (AvgIpc) is 3.08. The third kappa shape index (κ3) is 8.55. The van der Waals surface area contributed by atoms with Gasteiger partial charge in [-0.15, -0.1) is 0 Å². The number of nitrogens with one attached hydrogen (secondary N) is 2. The molecule has 11 heteroatoms. The van der Waals surface area contributed by atoms with Crippen LogP contribution in [0.1, 0.15) is 64.7 Å². The van der Waals surface area contributed by atoms with E-state index in [2.05, 4.69) is 10.0 Å². The molecule has 0 saturated carbocycles. The first-order chi connectivity index (χ1) is 22.1. The number of Topliss-reactive ketones (excluding diaryl/α,β-unsaturated/α-hetero) is 4. The summed E-state index contributed by atoms with van der Waals surface area (Å²) in [4.78, 5) is 60.8. The number of allylic oxidation sites excluding steroid dienone is 6. The molecule has 2 N–H and O–H groups in total. The van der Waals surface area contributed by atoms with Crippen LogP contribution in [0.3, 0.4) is 0 Å². The molecule has 0 radical (unpaired) electrons. The first-order valence-electron chi connectivity index (χ1n) is 15.0. The van der Waals surface area contributed by atoms with Crippen molar-refractivity contribution in [1.82, 2.24) is 10.0 Å². The van der Waals surface area contributed by atoms with E-state index in [1.165, 1.54) is 19.2 Å². The summed E-state index contributed by atoms with van der Waals surface area (Å²) in [5.41, 5.74) is 4.20. The zero-order valence-electron chi connectivity index (χ0n) is 27.7. The monoisotopic (exact) mass is 660 g/mol. The van der Waals surface area contributed by atoms with Gasteiger partial charge >= 0.3 is 0 Å². The Morgan fingerprint density at radius 1 is 0.617 bits per heavy atom. The molecule has 4 rings (SSSR count). The minimum Gasteiger partial charge on any atom is -0.497 e. The maximum Gasteiger partial charge on any atom is 0.251 e. The Kier molecular flexibility index (Phi) is 12.3. The number of methoxy groups -OCH3 is 1. The van der Waals surface area contributed by atoms with Gasteiger partial charge in [0, 0.05) is 63.2 Å². The molecule has 2 aliphatic rings. The number of hydrogen-bond acceptors (Lipinski definition) is 8. The van der Waals surface area contributed by atoms with Crippen LogP contribution in [0.4, 0.5) is 0 Å². The lowest BCUT2D eigenvalue weighted by molar-refractivity contribution is -0.116. The first-order valence-corrected chi connectivity index (χ1v) is 16.5. The summed E-state index contributed by atoms with van der Waals surface area (Å²) in [6.07, 6.45) is 0.524. The molecule has 2 aromatic carbocycles. The molecule has 0 atom stereocenters. The van der Waals surface area contributed by atoms with E-state index in [4.69, 9.17) is 4.74 Å². The van der Waals surface area contributed by atoms with Crippen LogP contribution in [0.2, 0.25) is 0 Å². The van der Waals surface area contributed by atoms with E-state index in [1.54, 1.807) is 77.9 Å². The van der Waals surface area contributed by atoms with Crippen molar-refractivity contribution in [2.45, 2.75) is 59.3 Å². The second kappa shape index (κ2) is 15.7. The quantitative estimate of drug-likeness (QED) is 0.346. The van der Waals surface area contributed by atoms with Crippen molar-refractivity contribution in [3.63, 3.8) is 0 Å². The number of hydrogen-bond donors (Lipinski definition) is 2. The SMILES string of the molecule is CC1=C(C)C(=O)C(CCNC(=O)c2ccccc2)=C(C)C1=O.COc1ccc(S(=O)(=O)NCCC2=C(C)C(=O)C(C)=C(C)C2=O)cc1. The van der Waals surface area contributed by atoms with Gasteiger partial charge in [-0.1, -0.05) is 18.2 Å². The number of carbonyl (C=O) groups excluding carboxylic acids is 5. The maximum absolute atomic E-state index is 12.3. The number of sulfonamides is 1. The molecule has 0 bridgehead atoms. The van der Waals surface area contributed by atoms with E-state index < -0.39 is 10.0 Å². The smallest absolute Gasteiger partial charge is 0.251 e. The molecule has 0 fully saturated rings. The fourth-order valence-electron chi connectivity index (χ4n) is 5.05. The van der Waals surface area contributed by atoms with Gasteiger partial charge in [0.1, 0.15) is 5.75 Å². The van der Waals surface area contributed by atoms with Gasteiger partial charge in [0.15, 0.2) is 23.1 Å². The average molecular weight is 661 g/mol. The van der Waals surface area contributed by atoms with Crippen molar-refractivity contribution < 1.29 is 37.1 Å². The molecule has 0 saturated heterocycles. The third-order valence-electron chi connectivity index (χ3n) is 8.36. The lowest BCUT2D eigenvalue weighted by atomic mass is 9.84. The molecule has 0 aromatic heterocycles. The molecule has 0 heterocycles. The first kappa shape index (κ1) is 36.7. The standard InChI is InChI=1S/C18H21NO5S.C18H19NO3/c1-11-12(2)18(21)16(13(3)17(11)20)9-10-19-25(22,23)15-7-5-14(24-4)6-8-15;1-11-12(2)17(21)15(13(3)16(11)20)9-10-19-18(22)14-7-5-4-6-8-14/h5-8,19H,9-10H2,1-4H3;4-8H,9-10H2,1-3H3,(H,19,22). The van der Waals surface area contributed by atoms with Crippen LogP contribution in [-0.4, -0.2) is 57.7 Å². The number of rotatable bonds is 10. The Morgan fingerprint density at radius 3 is 1.53 bits per heavy atom. The number of amides is 1. The van der Waals surface area contributed by atoms with Crippen LogP contribution in [0.5, 0.6) is 5.75 Å². The molecule has 248 valence electrons. The van der Waals surface area contributed by atoms with Crippen LogP contribution in [-0.2, 0) is 29.2 Å². The fourth-order valence-corrected chi connectivity index (χ4v) is 6.09. The van der Waals surface area contributed by atoms with Crippen LogP contribution in [0, 0.1) is 0 Å². The van der Waals surface area contributed by atoms with Crippen molar-refractivity contribution in [2.75, 3.05) is 20.2 Å². The van der Waals surface area contributed by atoms with Crippen LogP contribution >= 0.6 is 0 Å². The van der Waals surface area contributed by atoms with E-state index in [1.807, 2.05) is 6.07 Å². The van der Waals surface area contributed by atoms with Crippen molar-refractivity contribution in [3.05, 3.63) is 105 Å². The van der Waals surface area contributed by atoms with Crippen molar-refractivity contribution >= 4 is 39.1 Å². The highest BCUT2D eigenvalue weighted by atomic mass is 32.2. The normalized spacial score (nSPS) is 15.6. The molecular formula is C36H40N2O8S. The maximum atomic E-state index is 12.3. The van der Waals surface area contributed by atoms with E-state index in [9.17, 15) is 32.4 Å². The van der Waals surface area contributed by atoms with E-state index in [0.717, 1.165) is 0 Å². The van der Waals surface area contributed by atoms with Crippen LogP contribution in [0.15, 0.2) is 104 Å². The van der Waals surface area contributed by atoms with Gasteiger partial charge in [-0.05, 0) is 90.8 Å². The van der Waals surface area contributed by atoms with Crippen molar-refractivity contribution in [3.8, 4) is 5.75 Å². The molecule has 0 spiro atoms. The summed E-state index contributed by atoms with van der Waals surface area (Å²) in [6, 6.07) is 14.9. The Bertz CT molecular complexity index is 1850. The van der Waals surface area contributed by atoms with E-state index in [0.29, 0.717) is 68.9 Å². The Balaban J connectivity index is 0.000000257. The van der Waals surface area contributed by atoms with Gasteiger partial charge < -0.3 is 10.1 Å². The second-order valence-corrected chi connectivity index (χ2v) is 13.0. The van der Waals surface area contributed by atoms with Crippen LogP contribution in [0.25, 0.3) is 0 Å². The van der Waals surface area contributed by atoms with Crippen molar-refractivity contribution in [1.29, 1.82) is 0 Å². The highest BCUT2D eigenvalue weighted by Gasteiger charge is 2.28. The Hall–Kier alpha value is -4.74. The third-order valence-corrected chi connectivity index (χ3v) is 9.83. The molecule has 47 heavy (non-hydrogen) atoms. The lowest BCUT2D eigenvalue weighted by Crippen LogP contribution is -2.28. The predicted octanol–water partition coefficient (Wildman–Crippen LogP) is 4.78. The molecule has 2 aromatic rings. The zero-order chi connectivity index (χ0) is 35.1. The molecule has 2 aliphatic carbocycles. The number of carbonyl (C=O) groups is 5. The topological polar surface area (TPSA) is 153 Å². The van der Waals surface area contributed by atoms with Gasteiger partial charge in [0.2, 0.25) is 10.0 Å². The summed E-state index contributed by atoms with van der Waals surface area (Å²) in [5.74, 6) is -0.158.